The summed E-state index contributed by atoms with van der Waals surface area (Å²) >= 11 is 0. The SMILES string of the molecule is Cc1cc(-c2cnc3[nH]cc(-c4ccc5ncn(C(C)(C)C)c5c4)c3c2)cnc1F. The molecule has 0 saturated carbocycles. The molecule has 4 heterocycles. The molecule has 30 heavy (non-hydrogen) atoms. The summed E-state index contributed by atoms with van der Waals surface area (Å²) < 4.78 is 15.8. The third kappa shape index (κ3) is 2.96. The van der Waals surface area contributed by atoms with Crippen molar-refractivity contribution in [3.63, 3.8) is 0 Å². The topological polar surface area (TPSA) is 59.4 Å². The van der Waals surface area contributed by atoms with E-state index in [0.717, 1.165) is 44.3 Å². The number of H-pyrrole nitrogens is 1. The maximum atomic E-state index is 13.6. The van der Waals surface area contributed by atoms with Crippen molar-refractivity contribution in [3.8, 4) is 22.3 Å². The lowest BCUT2D eigenvalue weighted by atomic mass is 10.0. The molecule has 0 aliphatic heterocycles. The fourth-order valence-electron chi connectivity index (χ4n) is 3.83. The van der Waals surface area contributed by atoms with Crippen LogP contribution in [0.25, 0.3) is 44.3 Å². The maximum absolute atomic E-state index is 13.6. The second-order valence-electron chi connectivity index (χ2n) is 8.64. The highest BCUT2D eigenvalue weighted by molar-refractivity contribution is 5.97. The summed E-state index contributed by atoms with van der Waals surface area (Å²) in [5, 5.41) is 1.01. The third-order valence-electron chi connectivity index (χ3n) is 5.46. The third-order valence-corrected chi connectivity index (χ3v) is 5.46. The van der Waals surface area contributed by atoms with Crippen LogP contribution in [0.2, 0.25) is 0 Å². The van der Waals surface area contributed by atoms with Crippen LogP contribution in [-0.2, 0) is 5.54 Å². The van der Waals surface area contributed by atoms with Gasteiger partial charge >= 0.3 is 0 Å². The van der Waals surface area contributed by atoms with Crippen LogP contribution in [0.1, 0.15) is 26.3 Å². The molecule has 0 fully saturated rings. The van der Waals surface area contributed by atoms with Gasteiger partial charge < -0.3 is 9.55 Å². The normalized spacial score (nSPS) is 12.2. The van der Waals surface area contributed by atoms with Crippen molar-refractivity contribution in [3.05, 3.63) is 66.8 Å². The van der Waals surface area contributed by atoms with Gasteiger partial charge in [0.15, 0.2) is 0 Å². The summed E-state index contributed by atoms with van der Waals surface area (Å²) in [6.07, 6.45) is 7.21. The van der Waals surface area contributed by atoms with Crippen LogP contribution >= 0.6 is 0 Å². The molecule has 5 rings (SSSR count). The van der Waals surface area contributed by atoms with Gasteiger partial charge in [-0.2, -0.15) is 4.39 Å². The Labute approximate surface area is 173 Å². The van der Waals surface area contributed by atoms with Gasteiger partial charge in [-0.05, 0) is 57.5 Å². The molecule has 0 saturated heterocycles. The maximum Gasteiger partial charge on any atom is 0.215 e. The Morgan fingerprint density at radius 2 is 1.70 bits per heavy atom. The lowest BCUT2D eigenvalue weighted by Gasteiger charge is -2.21. The smallest absolute Gasteiger partial charge is 0.215 e. The van der Waals surface area contributed by atoms with Gasteiger partial charge in [-0.3, -0.25) is 0 Å². The van der Waals surface area contributed by atoms with E-state index in [1.54, 1.807) is 25.4 Å². The van der Waals surface area contributed by atoms with Gasteiger partial charge in [0, 0.05) is 51.8 Å². The molecule has 0 radical (unpaired) electrons. The molecular weight excluding hydrogens is 377 g/mol. The highest BCUT2D eigenvalue weighted by Crippen LogP contribution is 2.33. The van der Waals surface area contributed by atoms with Crippen molar-refractivity contribution in [2.24, 2.45) is 0 Å². The van der Waals surface area contributed by atoms with E-state index < -0.39 is 5.95 Å². The molecule has 1 N–H and O–H groups in total. The molecule has 1 aromatic carbocycles. The molecule has 0 aliphatic rings. The fourth-order valence-corrected chi connectivity index (χ4v) is 3.83. The van der Waals surface area contributed by atoms with Crippen LogP contribution in [0.3, 0.4) is 0 Å². The predicted octanol–water partition coefficient (Wildman–Crippen LogP) is 5.84. The van der Waals surface area contributed by atoms with E-state index in [1.165, 1.54) is 0 Å². The molecular formula is C24H22FN5. The van der Waals surface area contributed by atoms with Crippen molar-refractivity contribution >= 4 is 22.1 Å². The number of hydrogen-bond acceptors (Lipinski definition) is 3. The van der Waals surface area contributed by atoms with Crippen molar-refractivity contribution in [2.45, 2.75) is 33.2 Å². The number of nitrogens with zero attached hydrogens (tertiary/aromatic N) is 4. The Morgan fingerprint density at radius 1 is 0.933 bits per heavy atom. The van der Waals surface area contributed by atoms with Gasteiger partial charge in [-0.15, -0.1) is 0 Å². The molecule has 0 spiro atoms. The molecule has 0 aliphatic carbocycles. The molecule has 0 amide bonds. The van der Waals surface area contributed by atoms with Gasteiger partial charge in [-0.25, -0.2) is 15.0 Å². The van der Waals surface area contributed by atoms with E-state index in [1.807, 2.05) is 12.5 Å². The lowest BCUT2D eigenvalue weighted by molar-refractivity contribution is 0.408. The number of nitrogens with one attached hydrogen (secondary N) is 1. The first-order valence-electron chi connectivity index (χ1n) is 9.89. The molecule has 150 valence electrons. The van der Waals surface area contributed by atoms with E-state index in [9.17, 15) is 4.39 Å². The summed E-state index contributed by atoms with van der Waals surface area (Å²) in [4.78, 5) is 16.2. The largest absolute Gasteiger partial charge is 0.346 e. The van der Waals surface area contributed by atoms with Crippen molar-refractivity contribution in [2.75, 3.05) is 0 Å². The molecule has 4 aromatic heterocycles. The molecule has 6 heteroatoms. The second-order valence-corrected chi connectivity index (χ2v) is 8.64. The summed E-state index contributed by atoms with van der Waals surface area (Å²) in [6.45, 7) is 8.22. The van der Waals surface area contributed by atoms with Crippen LogP contribution in [0.5, 0.6) is 0 Å². The Bertz CT molecular complexity index is 1400. The Hall–Kier alpha value is -3.54. The molecule has 0 atom stereocenters. The number of benzene rings is 1. The number of pyridine rings is 2. The van der Waals surface area contributed by atoms with Crippen LogP contribution < -0.4 is 0 Å². The van der Waals surface area contributed by atoms with Crippen LogP contribution in [-0.4, -0.2) is 24.5 Å². The van der Waals surface area contributed by atoms with E-state index in [4.69, 9.17) is 0 Å². The first-order valence-corrected chi connectivity index (χ1v) is 9.89. The number of aryl methyl sites for hydroxylation is 1. The molecule has 5 nitrogen and oxygen atoms in total. The number of aromatic nitrogens is 5. The number of halogens is 1. The Balaban J connectivity index is 1.67. The number of rotatable bonds is 2. The average molecular weight is 399 g/mol. The molecule has 5 aromatic rings. The first-order chi connectivity index (χ1) is 14.3. The lowest BCUT2D eigenvalue weighted by Crippen LogP contribution is -2.20. The van der Waals surface area contributed by atoms with E-state index in [-0.39, 0.29) is 5.54 Å². The van der Waals surface area contributed by atoms with Gasteiger partial charge in [0.1, 0.15) is 5.65 Å². The average Bonchev–Trinajstić information content (AvgIpc) is 3.32. The minimum Gasteiger partial charge on any atom is -0.346 e. The van der Waals surface area contributed by atoms with Crippen molar-refractivity contribution in [1.29, 1.82) is 0 Å². The second kappa shape index (κ2) is 6.49. The van der Waals surface area contributed by atoms with Crippen LogP contribution in [0.4, 0.5) is 4.39 Å². The number of aromatic amines is 1. The summed E-state index contributed by atoms with van der Waals surface area (Å²) in [6, 6.07) is 10.2. The molecule has 0 unspecified atom stereocenters. The molecule has 0 bridgehead atoms. The van der Waals surface area contributed by atoms with Gasteiger partial charge in [0.2, 0.25) is 5.95 Å². The van der Waals surface area contributed by atoms with Crippen molar-refractivity contribution < 1.29 is 4.39 Å². The van der Waals surface area contributed by atoms with E-state index in [0.29, 0.717) is 5.56 Å². The van der Waals surface area contributed by atoms with Gasteiger partial charge in [0.05, 0.1) is 17.4 Å². The van der Waals surface area contributed by atoms with E-state index >= 15 is 0 Å². The highest BCUT2D eigenvalue weighted by Gasteiger charge is 2.17. The number of fused-ring (bicyclic) bond motifs is 2. The fraction of sp³-hybridized carbons (Fsp3) is 0.208. The standard InChI is InChI=1S/C24H22FN5/c1-14-7-16(10-26-22(14)25)17-8-18-19(12-28-23(18)27-11-17)15-5-6-20-21(9-15)30(13-29-20)24(2,3)4/h5-13H,1-4H3,(H,27,28). The van der Waals surface area contributed by atoms with Crippen LogP contribution in [0.15, 0.2) is 55.2 Å². The Kier molecular flexibility index (Phi) is 4.00. The zero-order chi connectivity index (χ0) is 21.0. The highest BCUT2D eigenvalue weighted by atomic mass is 19.1. The minimum atomic E-state index is -0.445. The Morgan fingerprint density at radius 3 is 2.47 bits per heavy atom. The van der Waals surface area contributed by atoms with Gasteiger partial charge in [-0.1, -0.05) is 6.07 Å². The van der Waals surface area contributed by atoms with E-state index in [2.05, 4.69) is 69.5 Å². The minimum absolute atomic E-state index is 0.0598. The zero-order valence-electron chi connectivity index (χ0n) is 17.4. The van der Waals surface area contributed by atoms with Gasteiger partial charge in [0.25, 0.3) is 0 Å². The quantitative estimate of drug-likeness (QED) is 0.379. The monoisotopic (exact) mass is 399 g/mol. The number of imidazole rings is 1. The van der Waals surface area contributed by atoms with Crippen LogP contribution in [0, 0.1) is 12.9 Å². The predicted molar refractivity (Wildman–Crippen MR) is 118 cm³/mol. The summed E-state index contributed by atoms with van der Waals surface area (Å²) in [5.74, 6) is -0.445. The number of hydrogen-bond donors (Lipinski definition) is 1. The van der Waals surface area contributed by atoms with Crippen molar-refractivity contribution in [1.82, 2.24) is 24.5 Å². The summed E-state index contributed by atoms with van der Waals surface area (Å²) in [5.41, 5.74) is 7.23. The zero-order valence-corrected chi connectivity index (χ0v) is 17.4. The summed E-state index contributed by atoms with van der Waals surface area (Å²) in [7, 11) is 0. The first kappa shape index (κ1) is 18.5.